The largest absolute Gasteiger partial charge is 0.497 e. The molecule has 5 rings (SSSR count). The summed E-state index contributed by atoms with van der Waals surface area (Å²) in [5.74, 6) is 0.723. The summed E-state index contributed by atoms with van der Waals surface area (Å²) in [4.78, 5) is 30.2. The maximum Gasteiger partial charge on any atom is 0.410 e. The van der Waals surface area contributed by atoms with Crippen LogP contribution in [0.15, 0.2) is 78.9 Å². The minimum Gasteiger partial charge on any atom is -0.497 e. The minimum absolute atomic E-state index is 0.0213. The number of methoxy groups -OCH3 is 1. The molecule has 0 aromatic heterocycles. The van der Waals surface area contributed by atoms with Gasteiger partial charge in [-0.15, -0.1) is 0 Å². The predicted octanol–water partition coefficient (Wildman–Crippen LogP) is 4.52. The van der Waals surface area contributed by atoms with Gasteiger partial charge in [0.05, 0.1) is 19.1 Å². The molecule has 0 N–H and O–H groups in total. The Kier molecular flexibility index (Phi) is 5.50. The van der Waals surface area contributed by atoms with Gasteiger partial charge in [-0.2, -0.15) is 0 Å². The van der Waals surface area contributed by atoms with Crippen molar-refractivity contribution < 1.29 is 19.1 Å². The molecule has 0 saturated carbocycles. The average molecular weight is 443 g/mol. The van der Waals surface area contributed by atoms with Crippen molar-refractivity contribution in [3.8, 4) is 5.75 Å². The molecule has 6 nitrogen and oxygen atoms in total. The van der Waals surface area contributed by atoms with Crippen LogP contribution in [0.4, 0.5) is 10.5 Å². The number of benzene rings is 3. The van der Waals surface area contributed by atoms with E-state index in [0.717, 1.165) is 22.4 Å². The first-order valence-electron chi connectivity index (χ1n) is 11.1. The fourth-order valence-corrected chi connectivity index (χ4v) is 4.84. The number of nitrogens with zero attached hydrogens (tertiary/aromatic N) is 2. The second-order valence-electron chi connectivity index (χ2n) is 8.55. The molecule has 33 heavy (non-hydrogen) atoms. The van der Waals surface area contributed by atoms with Gasteiger partial charge in [-0.05, 0) is 41.3 Å². The number of likely N-dealkylation sites (tertiary alicyclic amines) is 1. The fourth-order valence-electron chi connectivity index (χ4n) is 4.84. The third-order valence-corrected chi connectivity index (χ3v) is 6.58. The third-order valence-electron chi connectivity index (χ3n) is 6.58. The molecule has 1 unspecified atom stereocenters. The summed E-state index contributed by atoms with van der Waals surface area (Å²) in [6.07, 6.45) is 0.159. The quantitative estimate of drug-likeness (QED) is 0.583. The molecule has 0 bridgehead atoms. The van der Waals surface area contributed by atoms with E-state index >= 15 is 0 Å². The molecule has 6 heteroatoms. The van der Waals surface area contributed by atoms with Gasteiger partial charge in [-0.3, -0.25) is 4.79 Å². The molecule has 2 aliphatic rings. The van der Waals surface area contributed by atoms with E-state index in [1.165, 1.54) is 0 Å². The van der Waals surface area contributed by atoms with Crippen molar-refractivity contribution in [1.29, 1.82) is 0 Å². The van der Waals surface area contributed by atoms with Gasteiger partial charge in [0.2, 0.25) is 5.91 Å². The molecule has 2 amide bonds. The van der Waals surface area contributed by atoms with E-state index in [2.05, 4.69) is 0 Å². The summed E-state index contributed by atoms with van der Waals surface area (Å²) in [6, 6.07) is 25.3. The minimum atomic E-state index is -0.787. The van der Waals surface area contributed by atoms with Gasteiger partial charge >= 0.3 is 6.09 Å². The zero-order valence-electron chi connectivity index (χ0n) is 18.6. The van der Waals surface area contributed by atoms with Gasteiger partial charge in [-0.25, -0.2) is 4.79 Å². The standard InChI is InChI=1S/C27H26N2O4/c1-32-22-12-13-24-23(16-22)27(25(30)29(24)17-20-8-4-2-5-9-20)14-15-28(19-27)26(31)33-18-21-10-6-3-7-11-21/h2-13,16H,14-15,17-19H2,1H3. The second-order valence-corrected chi connectivity index (χ2v) is 8.55. The molecule has 2 aliphatic heterocycles. The summed E-state index contributed by atoms with van der Waals surface area (Å²) in [7, 11) is 1.62. The van der Waals surface area contributed by atoms with E-state index in [9.17, 15) is 9.59 Å². The Labute approximate surface area is 193 Å². The molecule has 0 radical (unpaired) electrons. The Morgan fingerprint density at radius 1 is 0.970 bits per heavy atom. The van der Waals surface area contributed by atoms with Crippen LogP contribution < -0.4 is 9.64 Å². The highest BCUT2D eigenvalue weighted by Gasteiger charge is 2.55. The molecule has 1 spiro atoms. The zero-order valence-corrected chi connectivity index (χ0v) is 18.6. The summed E-state index contributed by atoms with van der Waals surface area (Å²) < 4.78 is 11.0. The molecular formula is C27H26N2O4. The average Bonchev–Trinajstić information content (AvgIpc) is 3.41. The van der Waals surface area contributed by atoms with Crippen LogP contribution in [0, 0.1) is 0 Å². The van der Waals surface area contributed by atoms with E-state index in [1.54, 1.807) is 12.0 Å². The van der Waals surface area contributed by atoms with Gasteiger partial charge in [0.25, 0.3) is 0 Å². The molecule has 1 fully saturated rings. The lowest BCUT2D eigenvalue weighted by atomic mass is 9.81. The first-order chi connectivity index (χ1) is 16.1. The van der Waals surface area contributed by atoms with Gasteiger partial charge in [-0.1, -0.05) is 60.7 Å². The van der Waals surface area contributed by atoms with E-state index in [0.29, 0.717) is 31.8 Å². The second kappa shape index (κ2) is 8.62. The monoisotopic (exact) mass is 442 g/mol. The maximum atomic E-state index is 13.8. The lowest BCUT2D eigenvalue weighted by Crippen LogP contribution is -2.43. The molecule has 1 saturated heterocycles. The number of ether oxygens (including phenoxy) is 2. The lowest BCUT2D eigenvalue weighted by Gasteiger charge is -2.24. The van der Waals surface area contributed by atoms with Crippen LogP contribution >= 0.6 is 0 Å². The molecule has 2 heterocycles. The van der Waals surface area contributed by atoms with Crippen molar-refractivity contribution in [1.82, 2.24) is 4.90 Å². The number of hydrogen-bond acceptors (Lipinski definition) is 4. The van der Waals surface area contributed by atoms with Crippen molar-refractivity contribution in [2.45, 2.75) is 25.0 Å². The highest BCUT2D eigenvalue weighted by molar-refractivity contribution is 6.09. The Hall–Kier alpha value is -3.80. The lowest BCUT2D eigenvalue weighted by molar-refractivity contribution is -0.122. The Bertz CT molecular complexity index is 1170. The highest BCUT2D eigenvalue weighted by atomic mass is 16.6. The van der Waals surface area contributed by atoms with Gasteiger partial charge in [0.1, 0.15) is 12.4 Å². The van der Waals surface area contributed by atoms with Crippen LogP contribution in [0.1, 0.15) is 23.1 Å². The highest BCUT2D eigenvalue weighted by Crippen LogP contribution is 2.49. The van der Waals surface area contributed by atoms with Gasteiger partial charge < -0.3 is 19.3 Å². The molecule has 3 aromatic rings. The topological polar surface area (TPSA) is 59.1 Å². The molecular weight excluding hydrogens is 416 g/mol. The summed E-state index contributed by atoms with van der Waals surface area (Å²) in [5.41, 5.74) is 3.00. The summed E-state index contributed by atoms with van der Waals surface area (Å²) >= 11 is 0. The van der Waals surface area contributed by atoms with Crippen molar-refractivity contribution in [3.63, 3.8) is 0 Å². The SMILES string of the molecule is COc1ccc2c(c1)C1(CCN(C(=O)OCc3ccccc3)C1)C(=O)N2Cc1ccccc1. The van der Waals surface area contributed by atoms with Gasteiger partial charge in [0.15, 0.2) is 0 Å². The third kappa shape index (κ3) is 3.82. The number of carbonyl (C=O) groups excluding carboxylic acids is 2. The van der Waals surface area contributed by atoms with Crippen LogP contribution in [0.3, 0.4) is 0 Å². The van der Waals surface area contributed by atoms with Gasteiger partial charge in [0, 0.05) is 18.8 Å². The molecule has 1 atom stereocenters. The van der Waals surface area contributed by atoms with E-state index in [1.807, 2.05) is 83.8 Å². The van der Waals surface area contributed by atoms with Crippen molar-refractivity contribution in [2.75, 3.05) is 25.1 Å². The van der Waals surface area contributed by atoms with Crippen molar-refractivity contribution in [2.24, 2.45) is 0 Å². The zero-order chi connectivity index (χ0) is 22.8. The first kappa shape index (κ1) is 21.1. The summed E-state index contributed by atoms with van der Waals surface area (Å²) in [5, 5.41) is 0. The molecule has 0 aliphatic carbocycles. The van der Waals surface area contributed by atoms with Crippen molar-refractivity contribution in [3.05, 3.63) is 95.6 Å². The molecule has 168 valence electrons. The number of anilines is 1. The van der Waals surface area contributed by atoms with E-state index < -0.39 is 11.5 Å². The number of fused-ring (bicyclic) bond motifs is 2. The Morgan fingerprint density at radius 2 is 1.67 bits per heavy atom. The smallest absolute Gasteiger partial charge is 0.410 e. The van der Waals surface area contributed by atoms with Crippen LogP contribution in [0.2, 0.25) is 0 Å². The number of rotatable bonds is 5. The van der Waals surface area contributed by atoms with E-state index in [4.69, 9.17) is 9.47 Å². The molecule has 3 aromatic carbocycles. The van der Waals surface area contributed by atoms with Crippen LogP contribution in [0.25, 0.3) is 0 Å². The van der Waals surface area contributed by atoms with E-state index in [-0.39, 0.29) is 12.5 Å². The Balaban J connectivity index is 1.40. The van der Waals surface area contributed by atoms with Crippen molar-refractivity contribution >= 4 is 17.7 Å². The number of carbonyl (C=O) groups is 2. The summed E-state index contributed by atoms with van der Waals surface area (Å²) in [6.45, 7) is 1.46. The normalized spacial score (nSPS) is 19.1. The van der Waals surface area contributed by atoms with Crippen LogP contribution in [0.5, 0.6) is 5.75 Å². The fraction of sp³-hybridized carbons (Fsp3) is 0.259. The predicted molar refractivity (Wildman–Crippen MR) is 125 cm³/mol. The number of hydrogen-bond donors (Lipinski definition) is 0. The first-order valence-corrected chi connectivity index (χ1v) is 11.1. The maximum absolute atomic E-state index is 13.8. The van der Waals surface area contributed by atoms with Crippen LogP contribution in [-0.2, 0) is 28.1 Å². The van der Waals surface area contributed by atoms with Crippen LogP contribution in [-0.4, -0.2) is 37.1 Å². The number of amides is 2. The Morgan fingerprint density at radius 3 is 2.36 bits per heavy atom.